The number of benzene rings is 1. The van der Waals surface area contributed by atoms with Gasteiger partial charge in [0, 0.05) is 16.8 Å². The van der Waals surface area contributed by atoms with E-state index < -0.39 is 5.91 Å². The van der Waals surface area contributed by atoms with Crippen LogP contribution in [0.4, 0.5) is 5.82 Å². The van der Waals surface area contributed by atoms with Gasteiger partial charge >= 0.3 is 0 Å². The molecule has 0 fully saturated rings. The number of amides is 1. The number of aromatic nitrogens is 3. The molecule has 0 aliphatic rings. The van der Waals surface area contributed by atoms with E-state index in [0.29, 0.717) is 22.1 Å². The van der Waals surface area contributed by atoms with Gasteiger partial charge in [0.15, 0.2) is 5.69 Å². The van der Waals surface area contributed by atoms with Crippen LogP contribution >= 0.6 is 23.2 Å². The lowest BCUT2D eigenvalue weighted by Crippen LogP contribution is -2.16. The molecule has 1 amide bonds. The zero-order valence-electron chi connectivity index (χ0n) is 13.0. The SMILES string of the molecule is Cc1c(C#N)nn(-c2cccnc2)c1NC(=O)c1cc(Cl)ccc1Cl. The smallest absolute Gasteiger partial charge is 0.258 e. The molecule has 124 valence electrons. The van der Waals surface area contributed by atoms with Crippen molar-refractivity contribution in [1.29, 1.82) is 5.26 Å². The van der Waals surface area contributed by atoms with E-state index >= 15 is 0 Å². The Balaban J connectivity index is 2.05. The Kier molecular flexibility index (Phi) is 4.70. The van der Waals surface area contributed by atoms with Crippen molar-refractivity contribution in [3.63, 3.8) is 0 Å². The summed E-state index contributed by atoms with van der Waals surface area (Å²) in [7, 11) is 0. The van der Waals surface area contributed by atoms with Crippen molar-refractivity contribution >= 4 is 34.9 Å². The summed E-state index contributed by atoms with van der Waals surface area (Å²) in [6.07, 6.45) is 3.20. The molecule has 6 nitrogen and oxygen atoms in total. The lowest BCUT2D eigenvalue weighted by molar-refractivity contribution is 0.102. The van der Waals surface area contributed by atoms with Crippen LogP contribution in [0.3, 0.4) is 0 Å². The molecule has 3 aromatic rings. The van der Waals surface area contributed by atoms with Gasteiger partial charge in [0.25, 0.3) is 5.91 Å². The number of nitrogens with zero attached hydrogens (tertiary/aromatic N) is 4. The fourth-order valence-electron chi connectivity index (χ4n) is 2.26. The highest BCUT2D eigenvalue weighted by Crippen LogP contribution is 2.25. The number of halogens is 2. The maximum atomic E-state index is 12.6. The molecule has 2 aromatic heterocycles. The standard InChI is InChI=1S/C17H11Cl2N5O/c1-10-15(8-20)23-24(12-3-2-6-21-9-12)16(10)22-17(25)13-7-11(18)4-5-14(13)19/h2-7,9H,1H3,(H,22,25). The van der Waals surface area contributed by atoms with E-state index in [1.165, 1.54) is 10.7 Å². The third-order valence-electron chi connectivity index (χ3n) is 3.52. The topological polar surface area (TPSA) is 83.6 Å². The lowest BCUT2D eigenvalue weighted by Gasteiger charge is -2.10. The normalized spacial score (nSPS) is 10.3. The van der Waals surface area contributed by atoms with Crippen LogP contribution in [0.2, 0.25) is 10.0 Å². The molecule has 0 saturated heterocycles. The van der Waals surface area contributed by atoms with E-state index in [1.807, 2.05) is 6.07 Å². The number of rotatable bonds is 3. The van der Waals surface area contributed by atoms with Gasteiger partial charge < -0.3 is 5.32 Å². The molecule has 0 unspecified atom stereocenters. The minimum absolute atomic E-state index is 0.205. The predicted octanol–water partition coefficient (Wildman–Crippen LogP) is 4.01. The Bertz CT molecular complexity index is 992. The van der Waals surface area contributed by atoms with Gasteiger partial charge in [-0.3, -0.25) is 9.78 Å². The van der Waals surface area contributed by atoms with Crippen LogP contribution in [0.15, 0.2) is 42.7 Å². The molecular weight excluding hydrogens is 361 g/mol. The van der Waals surface area contributed by atoms with Crippen LogP contribution in [-0.2, 0) is 0 Å². The molecule has 0 atom stereocenters. The van der Waals surface area contributed by atoms with E-state index in [0.717, 1.165) is 0 Å². The number of carbonyl (C=O) groups is 1. The van der Waals surface area contributed by atoms with Gasteiger partial charge in [-0.05, 0) is 37.3 Å². The van der Waals surface area contributed by atoms with Crippen molar-refractivity contribution in [2.24, 2.45) is 0 Å². The van der Waals surface area contributed by atoms with Gasteiger partial charge in [-0.25, -0.2) is 4.68 Å². The molecule has 0 radical (unpaired) electrons. The average Bonchev–Trinajstić information content (AvgIpc) is 2.94. The summed E-state index contributed by atoms with van der Waals surface area (Å²) in [5.74, 6) is -0.0873. The largest absolute Gasteiger partial charge is 0.306 e. The summed E-state index contributed by atoms with van der Waals surface area (Å²) >= 11 is 12.0. The number of pyridine rings is 1. The summed E-state index contributed by atoms with van der Waals surface area (Å²) in [4.78, 5) is 16.7. The predicted molar refractivity (Wildman–Crippen MR) is 95.2 cm³/mol. The number of anilines is 1. The Labute approximate surface area is 153 Å². The van der Waals surface area contributed by atoms with Gasteiger partial charge in [0.1, 0.15) is 11.9 Å². The number of hydrogen-bond donors (Lipinski definition) is 1. The van der Waals surface area contributed by atoms with Crippen molar-refractivity contribution < 1.29 is 4.79 Å². The van der Waals surface area contributed by atoms with Gasteiger partial charge in [0.2, 0.25) is 0 Å². The first-order valence-electron chi connectivity index (χ1n) is 7.17. The van der Waals surface area contributed by atoms with E-state index in [2.05, 4.69) is 15.4 Å². The molecule has 0 bridgehead atoms. The summed E-state index contributed by atoms with van der Waals surface area (Å²) in [5, 5.41) is 16.9. The van der Waals surface area contributed by atoms with E-state index in [4.69, 9.17) is 23.2 Å². The fourth-order valence-corrected chi connectivity index (χ4v) is 2.64. The summed E-state index contributed by atoms with van der Waals surface area (Å²) in [5.41, 5.74) is 1.58. The summed E-state index contributed by atoms with van der Waals surface area (Å²) < 4.78 is 1.46. The zero-order chi connectivity index (χ0) is 18.0. The lowest BCUT2D eigenvalue weighted by atomic mass is 10.2. The number of nitriles is 1. The van der Waals surface area contributed by atoms with Gasteiger partial charge in [-0.2, -0.15) is 10.4 Å². The second-order valence-electron chi connectivity index (χ2n) is 5.14. The van der Waals surface area contributed by atoms with Crippen molar-refractivity contribution in [2.45, 2.75) is 6.92 Å². The second kappa shape index (κ2) is 6.93. The van der Waals surface area contributed by atoms with Crippen LogP contribution < -0.4 is 5.32 Å². The van der Waals surface area contributed by atoms with E-state index in [1.54, 1.807) is 43.6 Å². The fraction of sp³-hybridized carbons (Fsp3) is 0.0588. The molecule has 25 heavy (non-hydrogen) atoms. The first-order chi connectivity index (χ1) is 12.0. The monoisotopic (exact) mass is 371 g/mol. The molecule has 0 aliphatic carbocycles. The molecule has 8 heteroatoms. The van der Waals surface area contributed by atoms with Crippen LogP contribution in [0, 0.1) is 18.3 Å². The Morgan fingerprint density at radius 2 is 2.12 bits per heavy atom. The van der Waals surface area contributed by atoms with Crippen LogP contribution in [0.1, 0.15) is 21.6 Å². The second-order valence-corrected chi connectivity index (χ2v) is 5.98. The minimum atomic E-state index is -0.454. The minimum Gasteiger partial charge on any atom is -0.306 e. The quantitative estimate of drug-likeness (QED) is 0.753. The van der Waals surface area contributed by atoms with Crippen molar-refractivity contribution in [2.75, 3.05) is 5.32 Å². The van der Waals surface area contributed by atoms with Crippen LogP contribution in [0.25, 0.3) is 5.69 Å². The zero-order valence-corrected chi connectivity index (χ0v) is 14.5. The first kappa shape index (κ1) is 17.0. The highest BCUT2D eigenvalue weighted by Gasteiger charge is 2.20. The molecule has 2 heterocycles. The molecule has 0 spiro atoms. The number of nitrogens with one attached hydrogen (secondary N) is 1. The Hall–Kier alpha value is -2.88. The molecule has 3 rings (SSSR count). The Morgan fingerprint density at radius 3 is 2.80 bits per heavy atom. The molecule has 1 aromatic carbocycles. The molecule has 1 N–H and O–H groups in total. The highest BCUT2D eigenvalue weighted by molar-refractivity contribution is 6.36. The van der Waals surface area contributed by atoms with Crippen molar-refractivity contribution in [3.8, 4) is 11.8 Å². The third-order valence-corrected chi connectivity index (χ3v) is 4.09. The number of carbonyl (C=O) groups excluding carboxylic acids is 1. The van der Waals surface area contributed by atoms with Crippen molar-refractivity contribution in [1.82, 2.24) is 14.8 Å². The van der Waals surface area contributed by atoms with Crippen LogP contribution in [-0.4, -0.2) is 20.7 Å². The van der Waals surface area contributed by atoms with E-state index in [9.17, 15) is 10.1 Å². The van der Waals surface area contributed by atoms with Gasteiger partial charge in [0.05, 0.1) is 22.5 Å². The average molecular weight is 372 g/mol. The molecule has 0 aliphatic heterocycles. The maximum Gasteiger partial charge on any atom is 0.258 e. The van der Waals surface area contributed by atoms with E-state index in [-0.39, 0.29) is 16.3 Å². The summed E-state index contributed by atoms with van der Waals surface area (Å²) in [6.45, 7) is 1.70. The molecule has 0 saturated carbocycles. The number of hydrogen-bond acceptors (Lipinski definition) is 4. The van der Waals surface area contributed by atoms with Crippen LogP contribution in [0.5, 0.6) is 0 Å². The van der Waals surface area contributed by atoms with Crippen molar-refractivity contribution in [3.05, 3.63) is 69.6 Å². The first-order valence-corrected chi connectivity index (χ1v) is 7.93. The third kappa shape index (κ3) is 3.33. The maximum absolute atomic E-state index is 12.6. The van der Waals surface area contributed by atoms with Gasteiger partial charge in [-0.15, -0.1) is 0 Å². The Morgan fingerprint density at radius 1 is 1.32 bits per heavy atom. The summed E-state index contributed by atoms with van der Waals surface area (Å²) in [6, 6.07) is 10.1. The van der Waals surface area contributed by atoms with Gasteiger partial charge in [-0.1, -0.05) is 23.2 Å². The highest BCUT2D eigenvalue weighted by atomic mass is 35.5. The molecular formula is C17H11Cl2N5O.